The zero-order valence-electron chi connectivity index (χ0n) is 20.3. The molecule has 0 amide bonds. The smallest absolute Gasteiger partial charge is 0.119 e. The SMILES string of the molecule is CCC(=C(c1ccc(O)cc1)c1ccc(OCCN(C)C)cc1)c1ccc(C(C)C)cc1.Cl. The van der Waals surface area contributed by atoms with Gasteiger partial charge in [-0.25, -0.2) is 0 Å². The monoisotopic (exact) mass is 465 g/mol. The van der Waals surface area contributed by atoms with Gasteiger partial charge in [0.25, 0.3) is 0 Å². The second-order valence-corrected chi connectivity index (χ2v) is 8.71. The lowest BCUT2D eigenvalue weighted by atomic mass is 9.87. The van der Waals surface area contributed by atoms with E-state index in [9.17, 15) is 5.11 Å². The summed E-state index contributed by atoms with van der Waals surface area (Å²) in [6.45, 7) is 8.18. The second kappa shape index (κ2) is 12.5. The molecule has 0 saturated heterocycles. The van der Waals surface area contributed by atoms with E-state index >= 15 is 0 Å². The number of hydrogen-bond acceptors (Lipinski definition) is 3. The molecule has 0 heterocycles. The standard InChI is InChI=1S/C29H35NO2.ClH/c1-6-28(23-9-7-22(8-10-23)21(2)3)29(24-11-15-26(31)16-12-24)25-13-17-27(18-14-25)32-20-19-30(4)5;/h7-18,21,31H,6,19-20H2,1-5H3;1H. The third kappa shape index (κ3) is 7.12. The third-order valence-electron chi connectivity index (χ3n) is 5.69. The Morgan fingerprint density at radius 3 is 1.82 bits per heavy atom. The van der Waals surface area contributed by atoms with E-state index in [2.05, 4.69) is 62.1 Å². The fourth-order valence-electron chi connectivity index (χ4n) is 3.80. The van der Waals surface area contributed by atoms with Crippen LogP contribution in [0, 0.1) is 0 Å². The number of nitrogens with zero attached hydrogens (tertiary/aromatic N) is 1. The Bertz CT molecular complexity index is 1020. The number of rotatable bonds is 9. The number of phenols is 1. The molecule has 0 unspecified atom stereocenters. The van der Waals surface area contributed by atoms with E-state index in [0.29, 0.717) is 12.5 Å². The van der Waals surface area contributed by atoms with Crippen molar-refractivity contribution in [1.29, 1.82) is 0 Å². The molecule has 0 bridgehead atoms. The number of likely N-dealkylation sites (N-methyl/N-ethyl adjacent to an activating group) is 1. The van der Waals surface area contributed by atoms with Crippen molar-refractivity contribution in [2.24, 2.45) is 0 Å². The highest BCUT2D eigenvalue weighted by Crippen LogP contribution is 2.36. The van der Waals surface area contributed by atoms with Gasteiger partial charge in [0.05, 0.1) is 0 Å². The van der Waals surface area contributed by atoms with Gasteiger partial charge < -0.3 is 14.7 Å². The number of phenolic OH excluding ortho intramolecular Hbond substituents is 1. The summed E-state index contributed by atoms with van der Waals surface area (Å²) in [5.74, 6) is 1.66. The normalized spacial score (nSPS) is 11.8. The van der Waals surface area contributed by atoms with Crippen LogP contribution in [0.3, 0.4) is 0 Å². The molecule has 0 aliphatic carbocycles. The highest BCUT2D eigenvalue weighted by atomic mass is 35.5. The van der Waals surface area contributed by atoms with Crippen LogP contribution in [0.1, 0.15) is 55.4 Å². The lowest BCUT2D eigenvalue weighted by Gasteiger charge is -2.18. The van der Waals surface area contributed by atoms with Gasteiger partial charge in [0.1, 0.15) is 18.1 Å². The van der Waals surface area contributed by atoms with E-state index in [0.717, 1.165) is 29.8 Å². The molecule has 0 spiro atoms. The molecule has 0 fully saturated rings. The quantitative estimate of drug-likeness (QED) is 0.338. The molecular weight excluding hydrogens is 430 g/mol. The molecule has 3 rings (SSSR count). The van der Waals surface area contributed by atoms with Crippen LogP contribution in [0.25, 0.3) is 11.1 Å². The van der Waals surface area contributed by atoms with E-state index in [1.165, 1.54) is 22.3 Å². The Hall–Kier alpha value is -2.75. The first-order chi connectivity index (χ1) is 15.4. The number of allylic oxidation sites excluding steroid dienone is 1. The Morgan fingerprint density at radius 2 is 1.33 bits per heavy atom. The van der Waals surface area contributed by atoms with E-state index in [4.69, 9.17) is 4.74 Å². The van der Waals surface area contributed by atoms with E-state index in [-0.39, 0.29) is 18.2 Å². The fourth-order valence-corrected chi connectivity index (χ4v) is 3.80. The summed E-state index contributed by atoms with van der Waals surface area (Å²) in [4.78, 5) is 2.11. The third-order valence-corrected chi connectivity index (χ3v) is 5.69. The maximum Gasteiger partial charge on any atom is 0.119 e. The van der Waals surface area contributed by atoms with E-state index in [1.807, 2.05) is 38.4 Å². The van der Waals surface area contributed by atoms with Crippen LogP contribution in [0.5, 0.6) is 11.5 Å². The van der Waals surface area contributed by atoms with Gasteiger partial charge in [-0.05, 0) is 84.1 Å². The molecule has 0 aliphatic heterocycles. The van der Waals surface area contributed by atoms with Gasteiger partial charge in [-0.2, -0.15) is 0 Å². The minimum atomic E-state index is 0. The van der Waals surface area contributed by atoms with E-state index in [1.54, 1.807) is 12.1 Å². The lowest BCUT2D eigenvalue weighted by molar-refractivity contribution is 0.261. The molecule has 0 radical (unpaired) electrons. The van der Waals surface area contributed by atoms with E-state index < -0.39 is 0 Å². The van der Waals surface area contributed by atoms with Gasteiger partial charge in [-0.1, -0.05) is 69.3 Å². The predicted molar refractivity (Wildman–Crippen MR) is 143 cm³/mol. The molecule has 33 heavy (non-hydrogen) atoms. The largest absolute Gasteiger partial charge is 0.508 e. The van der Waals surface area contributed by atoms with Gasteiger partial charge in [0.2, 0.25) is 0 Å². The summed E-state index contributed by atoms with van der Waals surface area (Å²) < 4.78 is 5.89. The maximum absolute atomic E-state index is 9.83. The topological polar surface area (TPSA) is 32.7 Å². The number of benzene rings is 3. The van der Waals surface area contributed by atoms with Crippen molar-refractivity contribution in [1.82, 2.24) is 4.90 Å². The van der Waals surface area contributed by atoms with Gasteiger partial charge in [0, 0.05) is 6.54 Å². The van der Waals surface area contributed by atoms with Crippen molar-refractivity contribution in [3.05, 3.63) is 95.1 Å². The van der Waals surface area contributed by atoms with Gasteiger partial charge in [0.15, 0.2) is 0 Å². The van der Waals surface area contributed by atoms with Crippen molar-refractivity contribution >= 4 is 23.6 Å². The zero-order valence-corrected chi connectivity index (χ0v) is 21.2. The number of hydrogen-bond donors (Lipinski definition) is 1. The van der Waals surface area contributed by atoms with Crippen molar-refractivity contribution in [2.75, 3.05) is 27.2 Å². The minimum absolute atomic E-state index is 0. The maximum atomic E-state index is 9.83. The van der Waals surface area contributed by atoms with Crippen molar-refractivity contribution < 1.29 is 9.84 Å². The average Bonchev–Trinajstić information content (AvgIpc) is 2.79. The Morgan fingerprint density at radius 1 is 0.818 bits per heavy atom. The molecule has 0 atom stereocenters. The molecule has 1 N–H and O–H groups in total. The average molecular weight is 466 g/mol. The van der Waals surface area contributed by atoms with Crippen LogP contribution in [-0.4, -0.2) is 37.3 Å². The van der Waals surface area contributed by atoms with Gasteiger partial charge in [-0.15, -0.1) is 12.4 Å². The highest BCUT2D eigenvalue weighted by molar-refractivity contribution is 5.98. The highest BCUT2D eigenvalue weighted by Gasteiger charge is 2.14. The second-order valence-electron chi connectivity index (χ2n) is 8.71. The molecule has 0 aromatic heterocycles. The Kier molecular flexibility index (Phi) is 10.0. The summed E-state index contributed by atoms with van der Waals surface area (Å²) >= 11 is 0. The molecule has 0 aliphatic rings. The molecule has 0 saturated carbocycles. The van der Waals surface area contributed by atoms with Crippen molar-refractivity contribution in [3.63, 3.8) is 0 Å². The zero-order chi connectivity index (χ0) is 23.1. The number of ether oxygens (including phenoxy) is 1. The first-order valence-corrected chi connectivity index (χ1v) is 11.4. The van der Waals surface area contributed by atoms with Crippen LogP contribution in [0.2, 0.25) is 0 Å². The first kappa shape index (κ1) is 26.5. The van der Waals surface area contributed by atoms with Crippen LogP contribution in [0.4, 0.5) is 0 Å². The minimum Gasteiger partial charge on any atom is -0.508 e. The van der Waals surface area contributed by atoms with Crippen molar-refractivity contribution in [3.8, 4) is 11.5 Å². The van der Waals surface area contributed by atoms with Crippen LogP contribution < -0.4 is 4.74 Å². The summed E-state index contributed by atoms with van der Waals surface area (Å²) in [6.07, 6.45) is 0.901. The summed E-state index contributed by atoms with van der Waals surface area (Å²) in [6, 6.07) is 24.7. The Balaban J connectivity index is 0.00000385. The van der Waals surface area contributed by atoms with Crippen molar-refractivity contribution in [2.45, 2.75) is 33.1 Å². The number of aromatic hydroxyl groups is 1. The molecule has 4 heteroatoms. The lowest BCUT2D eigenvalue weighted by Crippen LogP contribution is -2.19. The summed E-state index contributed by atoms with van der Waals surface area (Å²) in [5, 5.41) is 9.83. The van der Waals surface area contributed by atoms with Crippen LogP contribution in [-0.2, 0) is 0 Å². The van der Waals surface area contributed by atoms with Crippen LogP contribution in [0.15, 0.2) is 72.8 Å². The number of halogens is 1. The first-order valence-electron chi connectivity index (χ1n) is 11.4. The molecule has 3 nitrogen and oxygen atoms in total. The molecule has 3 aromatic carbocycles. The molecule has 176 valence electrons. The van der Waals surface area contributed by atoms with Crippen LogP contribution >= 0.6 is 12.4 Å². The fraction of sp³-hybridized carbons (Fsp3) is 0.310. The molecule has 3 aromatic rings. The van der Waals surface area contributed by atoms with Gasteiger partial charge in [-0.3, -0.25) is 0 Å². The Labute approximate surface area is 205 Å². The van der Waals surface area contributed by atoms with Gasteiger partial charge >= 0.3 is 0 Å². The predicted octanol–water partition coefficient (Wildman–Crippen LogP) is 7.25. The molecular formula is C29H36ClNO2. The summed E-state index contributed by atoms with van der Waals surface area (Å²) in [7, 11) is 4.09. The summed E-state index contributed by atoms with van der Waals surface area (Å²) in [5.41, 5.74) is 7.27.